The zero-order valence-corrected chi connectivity index (χ0v) is 14.1. The van der Waals surface area contributed by atoms with Crippen LogP contribution in [0.4, 0.5) is 0 Å². The van der Waals surface area contributed by atoms with Crippen molar-refractivity contribution in [2.24, 2.45) is 5.92 Å². The van der Waals surface area contributed by atoms with Crippen LogP contribution in [0.1, 0.15) is 26.2 Å². The van der Waals surface area contributed by atoms with Gasteiger partial charge in [0.05, 0.1) is 16.7 Å². The molecule has 1 aromatic rings. The molecule has 0 atom stereocenters. The van der Waals surface area contributed by atoms with E-state index in [2.05, 4.69) is 11.8 Å². The van der Waals surface area contributed by atoms with Crippen LogP contribution in [0.15, 0.2) is 18.2 Å². The smallest absolute Gasteiger partial charge is 0.120 e. The molecule has 0 bridgehead atoms. The molecule has 0 amide bonds. The first-order chi connectivity index (χ1) is 9.15. The lowest BCUT2D eigenvalue weighted by molar-refractivity contribution is 0.177. The summed E-state index contributed by atoms with van der Waals surface area (Å²) in [7, 11) is 0. The third-order valence-corrected chi connectivity index (χ3v) is 4.39. The first-order valence-electron chi connectivity index (χ1n) is 6.95. The summed E-state index contributed by atoms with van der Waals surface area (Å²) in [4.78, 5) is 2.53. The van der Waals surface area contributed by atoms with Crippen molar-refractivity contribution in [3.05, 3.63) is 28.2 Å². The number of hydrogen-bond donors (Lipinski definition) is 0. The van der Waals surface area contributed by atoms with Gasteiger partial charge >= 0.3 is 0 Å². The van der Waals surface area contributed by atoms with Crippen LogP contribution >= 0.6 is 35.6 Å². The quantitative estimate of drug-likeness (QED) is 0.707. The third kappa shape index (κ3) is 5.69. The lowest BCUT2D eigenvalue weighted by atomic mass is 9.99. The standard InChI is InChI=1S/C15H21Cl2NO.ClH/c1-12-5-8-18(9-6-12)7-2-10-19-13-3-4-14(16)15(17)11-13;/h3-4,11-12H,2,5-10H2,1H3;1H. The highest BCUT2D eigenvalue weighted by molar-refractivity contribution is 6.42. The third-order valence-electron chi connectivity index (χ3n) is 3.65. The molecule has 0 radical (unpaired) electrons. The number of likely N-dealkylation sites (tertiary alicyclic amines) is 1. The zero-order chi connectivity index (χ0) is 13.7. The second kappa shape index (κ2) is 8.99. The molecule has 20 heavy (non-hydrogen) atoms. The van der Waals surface area contributed by atoms with E-state index in [1.54, 1.807) is 12.1 Å². The van der Waals surface area contributed by atoms with Crippen LogP contribution in [0.25, 0.3) is 0 Å². The molecule has 1 aliphatic heterocycles. The van der Waals surface area contributed by atoms with E-state index in [-0.39, 0.29) is 12.4 Å². The maximum Gasteiger partial charge on any atom is 0.120 e. The largest absolute Gasteiger partial charge is 0.493 e. The fourth-order valence-corrected chi connectivity index (χ4v) is 2.62. The van der Waals surface area contributed by atoms with Crippen molar-refractivity contribution in [1.29, 1.82) is 0 Å². The van der Waals surface area contributed by atoms with Crippen molar-refractivity contribution < 1.29 is 4.74 Å². The Morgan fingerprint density at radius 1 is 1.20 bits per heavy atom. The molecule has 2 rings (SSSR count). The number of piperidine rings is 1. The minimum atomic E-state index is 0. The maximum atomic E-state index is 5.94. The summed E-state index contributed by atoms with van der Waals surface area (Å²) in [5.74, 6) is 1.69. The Kier molecular flexibility index (Phi) is 8.04. The second-order valence-corrected chi connectivity index (χ2v) is 6.12. The molecule has 1 aromatic carbocycles. The molecular formula is C15H22Cl3NO. The van der Waals surface area contributed by atoms with Crippen LogP contribution in [0.5, 0.6) is 5.75 Å². The van der Waals surface area contributed by atoms with Crippen molar-refractivity contribution in [2.75, 3.05) is 26.2 Å². The minimum Gasteiger partial charge on any atom is -0.493 e. The average Bonchev–Trinajstić information content (AvgIpc) is 2.41. The Labute approximate surface area is 137 Å². The predicted molar refractivity (Wildman–Crippen MR) is 88.7 cm³/mol. The molecule has 0 aromatic heterocycles. The predicted octanol–water partition coefficient (Wildman–Crippen LogP) is 4.92. The number of hydrogen-bond acceptors (Lipinski definition) is 2. The lowest BCUT2D eigenvalue weighted by Crippen LogP contribution is -2.34. The van der Waals surface area contributed by atoms with Gasteiger partial charge in [-0.2, -0.15) is 0 Å². The molecule has 1 fully saturated rings. The maximum absolute atomic E-state index is 5.94. The number of ether oxygens (including phenoxy) is 1. The SMILES string of the molecule is CC1CCN(CCCOc2ccc(Cl)c(Cl)c2)CC1.Cl. The van der Waals surface area contributed by atoms with Crippen molar-refractivity contribution >= 4 is 35.6 Å². The first kappa shape index (κ1) is 17.9. The summed E-state index contributed by atoms with van der Waals surface area (Å²) in [5, 5.41) is 1.11. The molecule has 0 N–H and O–H groups in total. The highest BCUT2D eigenvalue weighted by Gasteiger charge is 2.14. The summed E-state index contributed by atoms with van der Waals surface area (Å²) in [6, 6.07) is 5.40. The van der Waals surface area contributed by atoms with Crippen LogP contribution < -0.4 is 4.74 Å². The van der Waals surface area contributed by atoms with Gasteiger partial charge in [-0.15, -0.1) is 12.4 Å². The highest BCUT2D eigenvalue weighted by atomic mass is 35.5. The number of halogens is 3. The van der Waals surface area contributed by atoms with Crippen molar-refractivity contribution in [3.63, 3.8) is 0 Å². The van der Waals surface area contributed by atoms with Gasteiger partial charge in [0.2, 0.25) is 0 Å². The van der Waals surface area contributed by atoms with E-state index in [4.69, 9.17) is 27.9 Å². The van der Waals surface area contributed by atoms with Gasteiger partial charge in [0.1, 0.15) is 5.75 Å². The molecule has 114 valence electrons. The first-order valence-corrected chi connectivity index (χ1v) is 7.71. The lowest BCUT2D eigenvalue weighted by Gasteiger charge is -2.30. The van der Waals surface area contributed by atoms with Crippen LogP contribution in [0, 0.1) is 5.92 Å². The Bertz CT molecular complexity index is 406. The van der Waals surface area contributed by atoms with Crippen LogP contribution in [-0.4, -0.2) is 31.1 Å². The molecule has 0 spiro atoms. The molecule has 0 saturated carbocycles. The average molecular weight is 339 g/mol. The van der Waals surface area contributed by atoms with Crippen molar-refractivity contribution in [2.45, 2.75) is 26.2 Å². The van der Waals surface area contributed by atoms with E-state index >= 15 is 0 Å². The highest BCUT2D eigenvalue weighted by Crippen LogP contribution is 2.26. The van der Waals surface area contributed by atoms with Crippen molar-refractivity contribution in [3.8, 4) is 5.75 Å². The minimum absolute atomic E-state index is 0. The zero-order valence-electron chi connectivity index (χ0n) is 11.8. The number of benzene rings is 1. The number of rotatable bonds is 5. The fourth-order valence-electron chi connectivity index (χ4n) is 2.33. The van der Waals surface area contributed by atoms with Gasteiger partial charge in [0.15, 0.2) is 0 Å². The van der Waals surface area contributed by atoms with E-state index in [1.165, 1.54) is 25.9 Å². The molecule has 1 aliphatic rings. The second-order valence-electron chi connectivity index (χ2n) is 5.30. The van der Waals surface area contributed by atoms with Gasteiger partial charge in [0.25, 0.3) is 0 Å². The molecular weight excluding hydrogens is 317 g/mol. The monoisotopic (exact) mass is 337 g/mol. The fraction of sp³-hybridized carbons (Fsp3) is 0.600. The molecule has 1 heterocycles. The molecule has 2 nitrogen and oxygen atoms in total. The van der Waals surface area contributed by atoms with E-state index in [1.807, 2.05) is 6.07 Å². The van der Waals surface area contributed by atoms with Crippen LogP contribution in [0.3, 0.4) is 0 Å². The summed E-state index contributed by atoms with van der Waals surface area (Å²) >= 11 is 11.8. The summed E-state index contributed by atoms with van der Waals surface area (Å²) in [6.07, 6.45) is 3.70. The van der Waals surface area contributed by atoms with Gasteiger partial charge in [-0.25, -0.2) is 0 Å². The Hall–Kier alpha value is -0.150. The molecule has 0 aliphatic carbocycles. The normalized spacial score (nSPS) is 16.8. The summed E-state index contributed by atoms with van der Waals surface area (Å²) in [5.41, 5.74) is 0. The molecule has 0 unspecified atom stereocenters. The van der Waals surface area contributed by atoms with Gasteiger partial charge in [-0.1, -0.05) is 30.1 Å². The summed E-state index contributed by atoms with van der Waals surface area (Å²) in [6.45, 7) is 6.64. The number of nitrogens with zero attached hydrogens (tertiary/aromatic N) is 1. The van der Waals surface area contributed by atoms with E-state index in [9.17, 15) is 0 Å². The van der Waals surface area contributed by atoms with Crippen molar-refractivity contribution in [1.82, 2.24) is 4.90 Å². The van der Waals surface area contributed by atoms with E-state index < -0.39 is 0 Å². The summed E-state index contributed by atoms with van der Waals surface area (Å²) < 4.78 is 5.68. The van der Waals surface area contributed by atoms with E-state index in [0.717, 1.165) is 31.2 Å². The van der Waals surface area contributed by atoms with Gasteiger partial charge in [-0.3, -0.25) is 0 Å². The van der Waals surface area contributed by atoms with E-state index in [0.29, 0.717) is 10.0 Å². The van der Waals surface area contributed by atoms with Gasteiger partial charge in [-0.05, 0) is 50.4 Å². The van der Waals surface area contributed by atoms with Crippen LogP contribution in [0.2, 0.25) is 10.0 Å². The van der Waals surface area contributed by atoms with Crippen LogP contribution in [-0.2, 0) is 0 Å². The Morgan fingerprint density at radius 2 is 1.90 bits per heavy atom. The van der Waals surface area contributed by atoms with Gasteiger partial charge < -0.3 is 9.64 Å². The molecule has 5 heteroatoms. The Balaban J connectivity index is 0.00000200. The van der Waals surface area contributed by atoms with Gasteiger partial charge in [0, 0.05) is 12.6 Å². The topological polar surface area (TPSA) is 12.5 Å². The Morgan fingerprint density at radius 3 is 2.55 bits per heavy atom. The molecule has 1 saturated heterocycles.